The zero-order valence-corrected chi connectivity index (χ0v) is 24.1. The quantitative estimate of drug-likeness (QED) is 0.209. The summed E-state index contributed by atoms with van der Waals surface area (Å²) in [5, 5.41) is 5.31. The van der Waals surface area contributed by atoms with Gasteiger partial charge in [-0.15, -0.1) is 0 Å². The molecule has 3 aromatic heterocycles. The molecule has 0 aliphatic heterocycles. The van der Waals surface area contributed by atoms with Gasteiger partial charge in [0.2, 0.25) is 0 Å². The van der Waals surface area contributed by atoms with E-state index in [0.717, 1.165) is 60.3 Å². The van der Waals surface area contributed by atoms with E-state index in [9.17, 15) is 0 Å². The fraction of sp³-hybridized carbons (Fsp3) is 0. The van der Waals surface area contributed by atoms with Gasteiger partial charge < -0.3 is 4.42 Å². The second-order valence-electron chi connectivity index (χ2n) is 11.1. The zero-order chi connectivity index (χ0) is 29.7. The second-order valence-corrected chi connectivity index (χ2v) is 11.1. The molecule has 0 atom stereocenters. The molecule has 210 valence electrons. The molecule has 0 aliphatic carbocycles. The summed E-state index contributed by atoms with van der Waals surface area (Å²) in [4.78, 5) is 19.9. The molecule has 5 heteroatoms. The lowest BCUT2D eigenvalue weighted by atomic mass is 10.00. The van der Waals surface area contributed by atoms with Gasteiger partial charge in [0.25, 0.3) is 0 Å². The topological polar surface area (TPSA) is 64.7 Å². The van der Waals surface area contributed by atoms with Gasteiger partial charge in [-0.25, -0.2) is 15.0 Å². The standard InChI is InChI=1S/C40H24N4O/c1-2-9-25(10-3-1)26-17-18-28-22-30(20-19-27(28)21-26)38-42-39(31-23-29-11-4-6-14-34(29)41-24-31)44-40(43-38)33-13-8-16-36-37(33)32-12-5-7-15-35(32)45-36/h1-24H. The van der Waals surface area contributed by atoms with Crippen LogP contribution in [0.25, 0.3) is 88.9 Å². The normalized spacial score (nSPS) is 11.6. The predicted octanol–water partition coefficient (Wildman–Crippen LogP) is 10.1. The van der Waals surface area contributed by atoms with Crippen LogP contribution in [0.15, 0.2) is 150 Å². The van der Waals surface area contributed by atoms with Crippen molar-refractivity contribution in [3.8, 4) is 45.3 Å². The predicted molar refractivity (Wildman–Crippen MR) is 182 cm³/mol. The number of rotatable bonds is 4. The average molecular weight is 577 g/mol. The van der Waals surface area contributed by atoms with Crippen molar-refractivity contribution in [3.63, 3.8) is 0 Å². The molecule has 6 aromatic carbocycles. The number of fused-ring (bicyclic) bond motifs is 5. The summed E-state index contributed by atoms with van der Waals surface area (Å²) in [7, 11) is 0. The first-order valence-corrected chi connectivity index (χ1v) is 14.9. The Bertz CT molecular complexity index is 2550. The highest BCUT2D eigenvalue weighted by molar-refractivity contribution is 6.11. The van der Waals surface area contributed by atoms with E-state index >= 15 is 0 Å². The Labute approximate surface area is 258 Å². The number of para-hydroxylation sites is 2. The molecular weight excluding hydrogens is 552 g/mol. The summed E-state index contributed by atoms with van der Waals surface area (Å²) in [5.41, 5.74) is 7.57. The number of hydrogen-bond acceptors (Lipinski definition) is 5. The number of pyridine rings is 1. The number of aromatic nitrogens is 4. The van der Waals surface area contributed by atoms with Gasteiger partial charge in [-0.1, -0.05) is 103 Å². The van der Waals surface area contributed by atoms with Crippen molar-refractivity contribution in [1.29, 1.82) is 0 Å². The Morgan fingerprint density at radius 1 is 0.422 bits per heavy atom. The fourth-order valence-corrected chi connectivity index (χ4v) is 6.10. The molecule has 0 bridgehead atoms. The Morgan fingerprint density at radius 2 is 1.09 bits per heavy atom. The summed E-state index contributed by atoms with van der Waals surface area (Å²) in [5.74, 6) is 1.75. The third-order valence-corrected chi connectivity index (χ3v) is 8.33. The molecular formula is C40H24N4O. The van der Waals surface area contributed by atoms with E-state index in [1.807, 2.05) is 60.8 Å². The highest BCUT2D eigenvalue weighted by Gasteiger charge is 2.18. The van der Waals surface area contributed by atoms with Crippen LogP contribution in [0.3, 0.4) is 0 Å². The largest absolute Gasteiger partial charge is 0.456 e. The molecule has 0 aliphatic rings. The monoisotopic (exact) mass is 576 g/mol. The maximum atomic E-state index is 6.20. The molecule has 0 saturated carbocycles. The molecule has 9 rings (SSSR count). The Hall–Kier alpha value is -6.20. The van der Waals surface area contributed by atoms with Crippen molar-refractivity contribution in [1.82, 2.24) is 19.9 Å². The average Bonchev–Trinajstić information content (AvgIpc) is 3.50. The minimum Gasteiger partial charge on any atom is -0.456 e. The van der Waals surface area contributed by atoms with Gasteiger partial charge >= 0.3 is 0 Å². The lowest BCUT2D eigenvalue weighted by Crippen LogP contribution is -2.01. The van der Waals surface area contributed by atoms with Crippen molar-refractivity contribution in [2.24, 2.45) is 0 Å². The maximum absolute atomic E-state index is 6.20. The molecule has 45 heavy (non-hydrogen) atoms. The van der Waals surface area contributed by atoms with E-state index in [2.05, 4.69) is 84.9 Å². The Kier molecular flexibility index (Phi) is 5.74. The van der Waals surface area contributed by atoms with Crippen LogP contribution in [0, 0.1) is 0 Å². The van der Waals surface area contributed by atoms with Gasteiger partial charge in [0.05, 0.1) is 5.52 Å². The smallest absolute Gasteiger partial charge is 0.165 e. The van der Waals surface area contributed by atoms with Crippen LogP contribution < -0.4 is 0 Å². The lowest BCUT2D eigenvalue weighted by Gasteiger charge is -2.10. The molecule has 0 N–H and O–H groups in total. The van der Waals surface area contributed by atoms with Crippen LogP contribution in [0.1, 0.15) is 0 Å². The van der Waals surface area contributed by atoms with Crippen molar-refractivity contribution >= 4 is 43.6 Å². The summed E-state index contributed by atoms with van der Waals surface area (Å²) in [6.07, 6.45) is 1.84. The van der Waals surface area contributed by atoms with Gasteiger partial charge in [0, 0.05) is 39.0 Å². The first kappa shape index (κ1) is 25.3. The first-order chi connectivity index (χ1) is 22.3. The van der Waals surface area contributed by atoms with Crippen molar-refractivity contribution in [2.75, 3.05) is 0 Å². The minimum absolute atomic E-state index is 0.567. The van der Waals surface area contributed by atoms with Gasteiger partial charge in [-0.3, -0.25) is 4.98 Å². The number of benzene rings is 6. The molecule has 0 fully saturated rings. The zero-order valence-electron chi connectivity index (χ0n) is 24.1. The van der Waals surface area contributed by atoms with E-state index in [4.69, 9.17) is 24.4 Å². The van der Waals surface area contributed by atoms with E-state index < -0.39 is 0 Å². The van der Waals surface area contributed by atoms with Gasteiger partial charge in [0.1, 0.15) is 11.2 Å². The molecule has 0 amide bonds. The SMILES string of the molecule is c1ccc(-c2ccc3cc(-c4nc(-c5cnc6ccccc6c5)nc(-c5cccc6oc7ccccc7c56)n4)ccc3c2)cc1. The molecule has 0 saturated heterocycles. The summed E-state index contributed by atoms with van der Waals surface area (Å²) in [6.45, 7) is 0. The van der Waals surface area contributed by atoms with Gasteiger partial charge in [-0.2, -0.15) is 0 Å². The fourth-order valence-electron chi connectivity index (χ4n) is 6.10. The Morgan fingerprint density at radius 3 is 1.98 bits per heavy atom. The van der Waals surface area contributed by atoms with E-state index in [0.29, 0.717) is 17.5 Å². The summed E-state index contributed by atoms with van der Waals surface area (Å²) < 4.78 is 6.20. The molecule has 0 unspecified atom stereocenters. The minimum atomic E-state index is 0.567. The third-order valence-electron chi connectivity index (χ3n) is 8.33. The Balaban J connectivity index is 1.25. The lowest BCUT2D eigenvalue weighted by molar-refractivity contribution is 0.669. The van der Waals surface area contributed by atoms with E-state index in [1.165, 1.54) is 11.1 Å². The van der Waals surface area contributed by atoms with Crippen molar-refractivity contribution in [3.05, 3.63) is 146 Å². The molecule has 3 heterocycles. The molecule has 9 aromatic rings. The molecule has 0 radical (unpaired) electrons. The highest BCUT2D eigenvalue weighted by atomic mass is 16.3. The summed E-state index contributed by atoms with van der Waals surface area (Å²) in [6, 6.07) is 47.6. The van der Waals surface area contributed by atoms with Crippen molar-refractivity contribution in [2.45, 2.75) is 0 Å². The van der Waals surface area contributed by atoms with Crippen LogP contribution >= 0.6 is 0 Å². The van der Waals surface area contributed by atoms with Gasteiger partial charge in [0.15, 0.2) is 17.5 Å². The van der Waals surface area contributed by atoms with E-state index in [1.54, 1.807) is 0 Å². The van der Waals surface area contributed by atoms with E-state index in [-0.39, 0.29) is 0 Å². The van der Waals surface area contributed by atoms with Crippen LogP contribution in [-0.2, 0) is 0 Å². The van der Waals surface area contributed by atoms with Crippen molar-refractivity contribution < 1.29 is 4.42 Å². The second kappa shape index (κ2) is 10.2. The molecule has 0 spiro atoms. The van der Waals surface area contributed by atoms with Crippen LogP contribution in [0.5, 0.6) is 0 Å². The third kappa shape index (κ3) is 4.41. The van der Waals surface area contributed by atoms with Crippen LogP contribution in [-0.4, -0.2) is 19.9 Å². The van der Waals surface area contributed by atoms with Crippen LogP contribution in [0.2, 0.25) is 0 Å². The number of furan rings is 1. The first-order valence-electron chi connectivity index (χ1n) is 14.9. The van der Waals surface area contributed by atoms with Crippen LogP contribution in [0.4, 0.5) is 0 Å². The van der Waals surface area contributed by atoms with Gasteiger partial charge in [-0.05, 0) is 58.3 Å². The maximum Gasteiger partial charge on any atom is 0.165 e. The summed E-state index contributed by atoms with van der Waals surface area (Å²) >= 11 is 0. The number of nitrogens with zero attached hydrogens (tertiary/aromatic N) is 4. The molecule has 5 nitrogen and oxygen atoms in total. The highest BCUT2D eigenvalue weighted by Crippen LogP contribution is 2.37. The number of hydrogen-bond donors (Lipinski definition) is 0.